The standard InChI is InChI=1S/C23H22N4O2/c28-23(22-13-17-5-1-4-8-21(17)29-22)25-15-18-14-20(16-9-11-24-12-10-16)27(26-18)19-6-2-3-7-19/h1,4-5,8-14,19H,2-3,6-7,15H2,(H,25,28). The molecule has 1 amide bonds. The molecule has 0 aliphatic heterocycles. The van der Waals surface area contributed by atoms with Crippen LogP contribution in [-0.4, -0.2) is 20.7 Å². The number of para-hydroxylation sites is 1. The minimum absolute atomic E-state index is 0.234. The SMILES string of the molecule is O=C(NCc1cc(-c2ccncc2)n(C2CCCC2)n1)c1cc2ccccc2o1. The van der Waals surface area contributed by atoms with E-state index in [0.29, 0.717) is 23.9 Å². The largest absolute Gasteiger partial charge is 0.451 e. The van der Waals surface area contributed by atoms with Crippen molar-refractivity contribution in [2.45, 2.75) is 38.3 Å². The van der Waals surface area contributed by atoms with Gasteiger partial charge in [0.15, 0.2) is 5.76 Å². The highest BCUT2D eigenvalue weighted by atomic mass is 16.3. The van der Waals surface area contributed by atoms with Gasteiger partial charge in [-0.05, 0) is 43.2 Å². The zero-order valence-electron chi connectivity index (χ0n) is 16.0. The summed E-state index contributed by atoms with van der Waals surface area (Å²) in [6, 6.07) is 15.9. The second-order valence-electron chi connectivity index (χ2n) is 7.47. The summed E-state index contributed by atoms with van der Waals surface area (Å²) in [7, 11) is 0. The first-order valence-corrected chi connectivity index (χ1v) is 10.0. The Labute approximate surface area is 168 Å². The summed E-state index contributed by atoms with van der Waals surface area (Å²) in [6.07, 6.45) is 8.35. The van der Waals surface area contributed by atoms with Gasteiger partial charge in [0.1, 0.15) is 5.58 Å². The highest BCUT2D eigenvalue weighted by Crippen LogP contribution is 2.33. The Hall–Kier alpha value is -3.41. The average Bonchev–Trinajstić information content (AvgIpc) is 3.51. The Bertz CT molecular complexity index is 1110. The lowest BCUT2D eigenvalue weighted by molar-refractivity contribution is 0.0924. The van der Waals surface area contributed by atoms with Crippen LogP contribution >= 0.6 is 0 Å². The van der Waals surface area contributed by atoms with E-state index in [0.717, 1.165) is 35.2 Å². The molecule has 5 rings (SSSR count). The van der Waals surface area contributed by atoms with Crippen molar-refractivity contribution >= 4 is 16.9 Å². The first-order valence-electron chi connectivity index (χ1n) is 10.0. The summed E-state index contributed by atoms with van der Waals surface area (Å²) in [6.45, 7) is 0.355. The molecule has 4 aromatic rings. The number of amides is 1. The van der Waals surface area contributed by atoms with Gasteiger partial charge in [-0.1, -0.05) is 31.0 Å². The lowest BCUT2D eigenvalue weighted by Crippen LogP contribution is -2.22. The van der Waals surface area contributed by atoms with Gasteiger partial charge in [-0.2, -0.15) is 5.10 Å². The van der Waals surface area contributed by atoms with Crippen LogP contribution in [-0.2, 0) is 6.54 Å². The molecule has 1 N–H and O–H groups in total. The van der Waals surface area contributed by atoms with Crippen LogP contribution in [0.25, 0.3) is 22.2 Å². The second-order valence-corrected chi connectivity index (χ2v) is 7.47. The van der Waals surface area contributed by atoms with Crippen LogP contribution < -0.4 is 5.32 Å². The summed E-state index contributed by atoms with van der Waals surface area (Å²) in [5, 5.41) is 8.69. The van der Waals surface area contributed by atoms with Gasteiger partial charge in [-0.3, -0.25) is 14.5 Å². The Morgan fingerprint density at radius 2 is 1.90 bits per heavy atom. The zero-order valence-corrected chi connectivity index (χ0v) is 16.0. The van der Waals surface area contributed by atoms with E-state index in [4.69, 9.17) is 9.52 Å². The van der Waals surface area contributed by atoms with Gasteiger partial charge < -0.3 is 9.73 Å². The van der Waals surface area contributed by atoms with E-state index in [9.17, 15) is 4.79 Å². The number of rotatable bonds is 5. The quantitative estimate of drug-likeness (QED) is 0.538. The van der Waals surface area contributed by atoms with E-state index >= 15 is 0 Å². The third-order valence-corrected chi connectivity index (χ3v) is 5.51. The number of fused-ring (bicyclic) bond motifs is 1. The number of nitrogens with one attached hydrogen (secondary N) is 1. The Balaban J connectivity index is 1.37. The minimum atomic E-state index is -0.234. The lowest BCUT2D eigenvalue weighted by atomic mass is 10.1. The molecule has 0 radical (unpaired) electrons. The summed E-state index contributed by atoms with van der Waals surface area (Å²) >= 11 is 0. The Morgan fingerprint density at radius 3 is 2.69 bits per heavy atom. The predicted molar refractivity (Wildman–Crippen MR) is 110 cm³/mol. The highest BCUT2D eigenvalue weighted by molar-refractivity contribution is 5.96. The molecular formula is C23H22N4O2. The lowest BCUT2D eigenvalue weighted by Gasteiger charge is -2.14. The van der Waals surface area contributed by atoms with Crippen LogP contribution in [0.1, 0.15) is 48.0 Å². The van der Waals surface area contributed by atoms with Crippen LogP contribution in [0, 0.1) is 0 Å². The van der Waals surface area contributed by atoms with Crippen LogP contribution in [0.2, 0.25) is 0 Å². The molecule has 1 saturated carbocycles. The Kier molecular flexibility index (Phi) is 4.60. The number of carbonyl (C=O) groups excluding carboxylic acids is 1. The van der Waals surface area contributed by atoms with Crippen molar-refractivity contribution in [3.8, 4) is 11.3 Å². The van der Waals surface area contributed by atoms with Crippen molar-refractivity contribution in [2.24, 2.45) is 0 Å². The minimum Gasteiger partial charge on any atom is -0.451 e. The fourth-order valence-corrected chi connectivity index (χ4v) is 4.05. The van der Waals surface area contributed by atoms with Gasteiger partial charge in [-0.25, -0.2) is 0 Å². The molecular weight excluding hydrogens is 364 g/mol. The van der Waals surface area contributed by atoms with E-state index in [1.54, 1.807) is 18.5 Å². The number of hydrogen-bond acceptors (Lipinski definition) is 4. The summed E-state index contributed by atoms with van der Waals surface area (Å²) in [4.78, 5) is 16.7. The van der Waals surface area contributed by atoms with Gasteiger partial charge in [0.05, 0.1) is 24.0 Å². The second kappa shape index (κ2) is 7.54. The first kappa shape index (κ1) is 17.7. The summed E-state index contributed by atoms with van der Waals surface area (Å²) < 4.78 is 7.78. The van der Waals surface area contributed by atoms with Crippen LogP contribution in [0.4, 0.5) is 0 Å². The van der Waals surface area contributed by atoms with Crippen molar-refractivity contribution in [3.05, 3.63) is 72.4 Å². The number of nitrogens with zero attached hydrogens (tertiary/aromatic N) is 3. The van der Waals surface area contributed by atoms with Crippen molar-refractivity contribution in [2.75, 3.05) is 0 Å². The molecule has 0 atom stereocenters. The predicted octanol–water partition coefficient (Wildman–Crippen LogP) is 4.74. The van der Waals surface area contributed by atoms with E-state index in [1.807, 2.05) is 36.4 Å². The highest BCUT2D eigenvalue weighted by Gasteiger charge is 2.22. The van der Waals surface area contributed by atoms with Crippen molar-refractivity contribution in [1.82, 2.24) is 20.1 Å². The summed E-state index contributed by atoms with van der Waals surface area (Å²) in [5.41, 5.74) is 3.72. The van der Waals surface area contributed by atoms with Crippen molar-refractivity contribution in [3.63, 3.8) is 0 Å². The third kappa shape index (κ3) is 3.53. The number of carbonyl (C=O) groups is 1. The van der Waals surface area contributed by atoms with Crippen LogP contribution in [0.5, 0.6) is 0 Å². The number of furan rings is 1. The summed E-state index contributed by atoms with van der Waals surface area (Å²) in [5.74, 6) is 0.0814. The Morgan fingerprint density at radius 1 is 1.10 bits per heavy atom. The normalized spacial score (nSPS) is 14.5. The maximum absolute atomic E-state index is 12.6. The third-order valence-electron chi connectivity index (χ3n) is 5.51. The maximum atomic E-state index is 12.6. The van der Waals surface area contributed by atoms with E-state index < -0.39 is 0 Å². The van der Waals surface area contributed by atoms with Gasteiger partial charge in [0, 0.05) is 23.3 Å². The van der Waals surface area contributed by atoms with E-state index in [-0.39, 0.29) is 5.91 Å². The van der Waals surface area contributed by atoms with Crippen LogP contribution in [0.3, 0.4) is 0 Å². The molecule has 0 spiro atoms. The zero-order chi connectivity index (χ0) is 19.6. The number of pyridine rings is 1. The van der Waals surface area contributed by atoms with Gasteiger partial charge in [0.25, 0.3) is 5.91 Å². The molecule has 1 fully saturated rings. The fraction of sp³-hybridized carbons (Fsp3) is 0.261. The van der Waals surface area contributed by atoms with Crippen molar-refractivity contribution < 1.29 is 9.21 Å². The molecule has 1 aliphatic rings. The average molecular weight is 386 g/mol. The number of hydrogen-bond donors (Lipinski definition) is 1. The number of aromatic nitrogens is 3. The molecule has 146 valence electrons. The molecule has 1 aliphatic carbocycles. The van der Waals surface area contributed by atoms with Crippen molar-refractivity contribution in [1.29, 1.82) is 0 Å². The first-order chi connectivity index (χ1) is 14.3. The molecule has 0 unspecified atom stereocenters. The fourth-order valence-electron chi connectivity index (χ4n) is 4.05. The molecule has 6 heteroatoms. The maximum Gasteiger partial charge on any atom is 0.287 e. The van der Waals surface area contributed by atoms with Gasteiger partial charge in [-0.15, -0.1) is 0 Å². The smallest absolute Gasteiger partial charge is 0.287 e. The molecule has 29 heavy (non-hydrogen) atoms. The monoisotopic (exact) mass is 386 g/mol. The van der Waals surface area contributed by atoms with E-state index in [1.165, 1.54) is 12.8 Å². The number of benzene rings is 1. The molecule has 0 saturated heterocycles. The van der Waals surface area contributed by atoms with E-state index in [2.05, 4.69) is 21.0 Å². The topological polar surface area (TPSA) is 73.0 Å². The molecule has 3 aromatic heterocycles. The molecule has 0 bridgehead atoms. The molecule has 6 nitrogen and oxygen atoms in total. The molecule has 3 heterocycles. The molecule has 1 aromatic carbocycles. The van der Waals surface area contributed by atoms with Gasteiger partial charge >= 0.3 is 0 Å². The van der Waals surface area contributed by atoms with Crippen LogP contribution in [0.15, 0.2) is 65.3 Å². The van der Waals surface area contributed by atoms with Gasteiger partial charge in [0.2, 0.25) is 0 Å².